The highest BCUT2D eigenvalue weighted by Crippen LogP contribution is 2.36. The summed E-state index contributed by atoms with van der Waals surface area (Å²) in [4.78, 5) is 9.36. The van der Waals surface area contributed by atoms with Gasteiger partial charge in [0.15, 0.2) is 0 Å². The molecular weight excluding hydrogens is 339 g/mol. The Hall–Kier alpha value is -2.79. The van der Waals surface area contributed by atoms with E-state index in [1.807, 2.05) is 32.3 Å². The van der Waals surface area contributed by atoms with Gasteiger partial charge < -0.3 is 10.6 Å². The van der Waals surface area contributed by atoms with Crippen LogP contribution in [0, 0.1) is 18.7 Å². The zero-order chi connectivity index (χ0) is 19.0. The molecule has 1 aromatic carbocycles. The van der Waals surface area contributed by atoms with E-state index in [9.17, 15) is 4.39 Å². The molecular formula is C22H23FN4. The molecule has 138 valence electrons. The van der Waals surface area contributed by atoms with Crippen LogP contribution in [-0.2, 0) is 6.54 Å². The zero-order valence-electron chi connectivity index (χ0n) is 15.6. The average molecular weight is 362 g/mol. The molecule has 3 aromatic rings. The summed E-state index contributed by atoms with van der Waals surface area (Å²) >= 11 is 0. The molecule has 0 spiro atoms. The molecule has 1 fully saturated rings. The number of nitrogens with zero attached hydrogens (tertiary/aromatic N) is 2. The number of allylic oxidation sites excluding steroid dienone is 1. The molecule has 27 heavy (non-hydrogen) atoms. The van der Waals surface area contributed by atoms with Gasteiger partial charge in [-0.2, -0.15) is 0 Å². The van der Waals surface area contributed by atoms with Crippen LogP contribution in [-0.4, -0.2) is 17.0 Å². The third kappa shape index (κ3) is 3.69. The van der Waals surface area contributed by atoms with Crippen molar-refractivity contribution in [3.63, 3.8) is 0 Å². The summed E-state index contributed by atoms with van der Waals surface area (Å²) in [5.74, 6) is 1.09. The Bertz CT molecular complexity index is 1020. The maximum absolute atomic E-state index is 13.8. The summed E-state index contributed by atoms with van der Waals surface area (Å²) in [6.07, 6.45) is 4.24. The van der Waals surface area contributed by atoms with Crippen molar-refractivity contribution in [3.8, 4) is 11.3 Å². The van der Waals surface area contributed by atoms with E-state index >= 15 is 0 Å². The number of hydrogen-bond acceptors (Lipinski definition) is 4. The third-order valence-electron chi connectivity index (χ3n) is 4.97. The Morgan fingerprint density at radius 2 is 2.07 bits per heavy atom. The molecule has 1 aliphatic rings. The van der Waals surface area contributed by atoms with Crippen molar-refractivity contribution in [1.82, 2.24) is 15.3 Å². The van der Waals surface area contributed by atoms with E-state index in [0.29, 0.717) is 12.5 Å². The fraction of sp³-hybridized carbons (Fsp3) is 0.273. The van der Waals surface area contributed by atoms with Crippen LogP contribution in [0.5, 0.6) is 0 Å². The van der Waals surface area contributed by atoms with Crippen LogP contribution in [0.4, 0.5) is 10.2 Å². The van der Waals surface area contributed by atoms with Crippen molar-refractivity contribution in [2.24, 2.45) is 5.92 Å². The van der Waals surface area contributed by atoms with Gasteiger partial charge in [0.1, 0.15) is 11.6 Å². The first kappa shape index (κ1) is 17.6. The summed E-state index contributed by atoms with van der Waals surface area (Å²) in [6, 6.07) is 8.78. The minimum Gasteiger partial charge on any atom is -0.344 e. The molecule has 4 rings (SSSR count). The van der Waals surface area contributed by atoms with Crippen LogP contribution in [0.2, 0.25) is 0 Å². The number of aromatic nitrogens is 2. The molecule has 0 atom stereocenters. The van der Waals surface area contributed by atoms with Gasteiger partial charge in [0.2, 0.25) is 0 Å². The molecule has 0 radical (unpaired) electrons. The lowest BCUT2D eigenvalue weighted by Gasteiger charge is -2.13. The smallest absolute Gasteiger partial charge is 0.130 e. The Kier molecular flexibility index (Phi) is 4.62. The fourth-order valence-electron chi connectivity index (χ4n) is 3.29. The lowest BCUT2D eigenvalue weighted by molar-refractivity contribution is 0.628. The predicted octanol–water partition coefficient (Wildman–Crippen LogP) is 4.80. The van der Waals surface area contributed by atoms with Gasteiger partial charge in [-0.25, -0.2) is 9.37 Å². The summed E-state index contributed by atoms with van der Waals surface area (Å²) < 4.78 is 13.8. The number of nitrogens with one attached hydrogen (secondary N) is 2. The maximum Gasteiger partial charge on any atom is 0.130 e. The van der Waals surface area contributed by atoms with Crippen molar-refractivity contribution in [2.45, 2.75) is 26.3 Å². The molecule has 0 amide bonds. The molecule has 0 bridgehead atoms. The normalized spacial score (nSPS) is 13.7. The van der Waals surface area contributed by atoms with E-state index in [1.165, 1.54) is 25.0 Å². The number of pyridine rings is 2. The lowest BCUT2D eigenvalue weighted by atomic mass is 10.0. The number of hydrogen-bond donors (Lipinski definition) is 2. The van der Waals surface area contributed by atoms with E-state index in [4.69, 9.17) is 4.98 Å². The Morgan fingerprint density at radius 3 is 2.81 bits per heavy atom. The van der Waals surface area contributed by atoms with Crippen molar-refractivity contribution < 1.29 is 4.39 Å². The van der Waals surface area contributed by atoms with Gasteiger partial charge in [0, 0.05) is 34.8 Å². The van der Waals surface area contributed by atoms with E-state index < -0.39 is 0 Å². The minimum absolute atomic E-state index is 0.260. The van der Waals surface area contributed by atoms with Crippen LogP contribution in [0.1, 0.15) is 24.1 Å². The molecule has 2 aromatic heterocycles. The predicted molar refractivity (Wildman–Crippen MR) is 108 cm³/mol. The highest BCUT2D eigenvalue weighted by Gasteiger charge is 2.24. The van der Waals surface area contributed by atoms with Crippen LogP contribution in [0.15, 0.2) is 48.8 Å². The number of halogens is 1. The van der Waals surface area contributed by atoms with E-state index in [0.717, 1.165) is 44.8 Å². The topological polar surface area (TPSA) is 49.8 Å². The molecule has 0 saturated heterocycles. The van der Waals surface area contributed by atoms with Gasteiger partial charge in [0.25, 0.3) is 0 Å². The maximum atomic E-state index is 13.8. The average Bonchev–Trinajstić information content (AvgIpc) is 3.49. The van der Waals surface area contributed by atoms with Gasteiger partial charge >= 0.3 is 0 Å². The second kappa shape index (κ2) is 7.08. The standard InChI is InChI=1S/C22H23FN4/c1-13-4-7-17(23)9-18(13)20-8-16-11-25-22(26-14(2)15-5-6-15)10-19(16)21(27-20)12-24-3/h4,7-11,15,24H,2,5-6,12H2,1,3H3,(H,25,26). The van der Waals surface area contributed by atoms with Crippen molar-refractivity contribution >= 4 is 16.6 Å². The summed E-state index contributed by atoms with van der Waals surface area (Å²) in [5, 5.41) is 8.51. The van der Waals surface area contributed by atoms with Gasteiger partial charge in [0.05, 0.1) is 11.4 Å². The first-order valence-electron chi connectivity index (χ1n) is 9.22. The Morgan fingerprint density at radius 1 is 1.26 bits per heavy atom. The molecule has 2 N–H and O–H groups in total. The Labute approximate surface area is 158 Å². The first-order valence-corrected chi connectivity index (χ1v) is 9.22. The Balaban J connectivity index is 1.79. The van der Waals surface area contributed by atoms with E-state index in [2.05, 4.69) is 22.2 Å². The number of benzene rings is 1. The minimum atomic E-state index is -0.260. The number of fused-ring (bicyclic) bond motifs is 1. The molecule has 0 unspecified atom stereocenters. The highest BCUT2D eigenvalue weighted by molar-refractivity contribution is 5.89. The highest BCUT2D eigenvalue weighted by atomic mass is 19.1. The fourth-order valence-corrected chi connectivity index (χ4v) is 3.29. The van der Waals surface area contributed by atoms with E-state index in [-0.39, 0.29) is 5.82 Å². The molecule has 0 aliphatic heterocycles. The molecule has 1 aliphatic carbocycles. The number of aryl methyl sites for hydroxylation is 1. The zero-order valence-corrected chi connectivity index (χ0v) is 15.6. The quantitative estimate of drug-likeness (QED) is 0.661. The number of anilines is 1. The summed E-state index contributed by atoms with van der Waals surface area (Å²) in [6.45, 7) is 6.69. The first-order chi connectivity index (χ1) is 13.0. The van der Waals surface area contributed by atoms with Gasteiger partial charge in [-0.3, -0.25) is 4.98 Å². The largest absolute Gasteiger partial charge is 0.344 e. The van der Waals surface area contributed by atoms with Crippen molar-refractivity contribution in [3.05, 3.63) is 65.9 Å². The van der Waals surface area contributed by atoms with Gasteiger partial charge in [-0.05, 0) is 62.6 Å². The molecule has 4 nitrogen and oxygen atoms in total. The summed E-state index contributed by atoms with van der Waals surface area (Å²) in [5.41, 5.74) is 4.49. The van der Waals surface area contributed by atoms with E-state index in [1.54, 1.807) is 6.07 Å². The van der Waals surface area contributed by atoms with Crippen LogP contribution in [0.3, 0.4) is 0 Å². The SMILES string of the molecule is C=C(Nc1cc2c(CNC)nc(-c3cc(F)ccc3C)cc2cn1)C1CC1. The van der Waals surface area contributed by atoms with Gasteiger partial charge in [-0.15, -0.1) is 0 Å². The van der Waals surface area contributed by atoms with Crippen LogP contribution in [0.25, 0.3) is 22.0 Å². The van der Waals surface area contributed by atoms with Crippen LogP contribution >= 0.6 is 0 Å². The molecule has 2 heterocycles. The summed E-state index contributed by atoms with van der Waals surface area (Å²) in [7, 11) is 1.89. The lowest BCUT2D eigenvalue weighted by Crippen LogP contribution is -2.09. The second-order valence-corrected chi connectivity index (χ2v) is 7.16. The van der Waals surface area contributed by atoms with Crippen molar-refractivity contribution in [1.29, 1.82) is 0 Å². The molecule has 1 saturated carbocycles. The van der Waals surface area contributed by atoms with Crippen LogP contribution < -0.4 is 10.6 Å². The van der Waals surface area contributed by atoms with Crippen molar-refractivity contribution in [2.75, 3.05) is 12.4 Å². The second-order valence-electron chi connectivity index (χ2n) is 7.16. The van der Waals surface area contributed by atoms with Gasteiger partial charge in [-0.1, -0.05) is 12.6 Å². The monoisotopic (exact) mass is 362 g/mol. The molecule has 5 heteroatoms. The number of rotatable bonds is 6. The third-order valence-corrected chi connectivity index (χ3v) is 4.97.